The highest BCUT2D eigenvalue weighted by Gasteiger charge is 2.18. The van der Waals surface area contributed by atoms with Crippen molar-refractivity contribution in [2.75, 3.05) is 23.8 Å². The average molecular weight is 254 g/mol. The molecule has 94 valence electrons. The fourth-order valence-corrected chi connectivity index (χ4v) is 3.21. The first-order valence-electron chi connectivity index (χ1n) is 5.85. The summed E-state index contributed by atoms with van der Waals surface area (Å²) in [4.78, 5) is 11.9. The van der Waals surface area contributed by atoms with Crippen LogP contribution in [0.25, 0.3) is 0 Å². The van der Waals surface area contributed by atoms with E-state index in [0.717, 1.165) is 12.2 Å². The number of hydrogen-bond donors (Lipinski definition) is 3. The molecule has 2 rings (SSSR count). The Kier molecular flexibility index (Phi) is 3.93. The second-order valence-electron chi connectivity index (χ2n) is 4.37. The number of carbonyl (C=O) groups is 1. The number of thioether (sulfide) groups is 1. The van der Waals surface area contributed by atoms with E-state index in [-0.39, 0.29) is 11.7 Å². The average Bonchev–Trinajstić information content (AvgIpc) is 2.67. The number of aryl methyl sites for hydroxylation is 1. The van der Waals surface area contributed by atoms with Crippen LogP contribution >= 0.6 is 11.8 Å². The van der Waals surface area contributed by atoms with Crippen LogP contribution in [-0.4, -0.2) is 34.2 Å². The van der Waals surface area contributed by atoms with Gasteiger partial charge in [-0.2, -0.15) is 16.9 Å². The highest BCUT2D eigenvalue weighted by atomic mass is 32.2. The van der Waals surface area contributed by atoms with Crippen LogP contribution in [-0.2, 0) is 0 Å². The standard InChI is InChI=1S/C11H18N4OS/c1-7-9(10(12)15-14-7)11(16)13-6-8-2-4-17-5-3-8/h8H,2-6H2,1H3,(H,13,16)(H3,12,14,15). The summed E-state index contributed by atoms with van der Waals surface area (Å²) in [6.45, 7) is 2.54. The lowest BCUT2D eigenvalue weighted by Crippen LogP contribution is -2.31. The van der Waals surface area contributed by atoms with E-state index in [0.29, 0.717) is 11.5 Å². The van der Waals surface area contributed by atoms with Gasteiger partial charge in [0.1, 0.15) is 5.56 Å². The molecule has 0 atom stereocenters. The molecule has 6 heteroatoms. The molecule has 5 nitrogen and oxygen atoms in total. The summed E-state index contributed by atoms with van der Waals surface area (Å²) in [6.07, 6.45) is 2.37. The molecule has 0 bridgehead atoms. The van der Waals surface area contributed by atoms with Crippen molar-refractivity contribution >= 4 is 23.5 Å². The van der Waals surface area contributed by atoms with E-state index in [1.54, 1.807) is 6.92 Å². The molecule has 0 aromatic carbocycles. The van der Waals surface area contributed by atoms with E-state index in [9.17, 15) is 4.79 Å². The van der Waals surface area contributed by atoms with E-state index < -0.39 is 0 Å². The molecule has 1 saturated heterocycles. The zero-order valence-electron chi connectivity index (χ0n) is 9.95. The number of aromatic nitrogens is 2. The molecule has 1 aromatic heterocycles. The molecular formula is C11H18N4OS. The Balaban J connectivity index is 1.89. The fraction of sp³-hybridized carbons (Fsp3) is 0.636. The molecule has 1 amide bonds. The van der Waals surface area contributed by atoms with Crippen LogP contribution in [0.2, 0.25) is 0 Å². The molecule has 0 aliphatic carbocycles. The lowest BCUT2D eigenvalue weighted by atomic mass is 10.0. The predicted octanol–water partition coefficient (Wildman–Crippen LogP) is 1.17. The van der Waals surface area contributed by atoms with Gasteiger partial charge in [0.25, 0.3) is 5.91 Å². The van der Waals surface area contributed by atoms with Gasteiger partial charge in [-0.3, -0.25) is 9.89 Å². The first kappa shape index (κ1) is 12.3. The molecule has 1 fully saturated rings. The van der Waals surface area contributed by atoms with Crippen molar-refractivity contribution < 1.29 is 4.79 Å². The number of aromatic amines is 1. The molecule has 17 heavy (non-hydrogen) atoms. The number of nitrogens with one attached hydrogen (secondary N) is 2. The van der Waals surface area contributed by atoms with Crippen LogP contribution in [0.5, 0.6) is 0 Å². The van der Waals surface area contributed by atoms with Crippen LogP contribution in [0.4, 0.5) is 5.82 Å². The van der Waals surface area contributed by atoms with Crippen LogP contribution in [0, 0.1) is 12.8 Å². The molecular weight excluding hydrogens is 236 g/mol. The van der Waals surface area contributed by atoms with Crippen LogP contribution in [0.15, 0.2) is 0 Å². The fourth-order valence-electron chi connectivity index (χ4n) is 2.01. The highest BCUT2D eigenvalue weighted by molar-refractivity contribution is 7.99. The monoisotopic (exact) mass is 254 g/mol. The van der Waals surface area contributed by atoms with E-state index >= 15 is 0 Å². The number of nitrogen functional groups attached to an aromatic ring is 1. The Morgan fingerprint density at radius 1 is 1.59 bits per heavy atom. The minimum absolute atomic E-state index is 0.119. The topological polar surface area (TPSA) is 83.8 Å². The molecule has 0 unspecified atom stereocenters. The summed E-state index contributed by atoms with van der Waals surface area (Å²) >= 11 is 1.99. The maximum Gasteiger partial charge on any atom is 0.256 e. The van der Waals surface area contributed by atoms with Crippen LogP contribution in [0.1, 0.15) is 28.9 Å². The summed E-state index contributed by atoms with van der Waals surface area (Å²) in [5, 5.41) is 9.49. The van der Waals surface area contributed by atoms with Crippen molar-refractivity contribution in [3.63, 3.8) is 0 Å². The van der Waals surface area contributed by atoms with Crippen molar-refractivity contribution in [3.8, 4) is 0 Å². The summed E-state index contributed by atoms with van der Waals surface area (Å²) < 4.78 is 0. The third-order valence-corrected chi connectivity index (χ3v) is 4.14. The van der Waals surface area contributed by atoms with Gasteiger partial charge < -0.3 is 11.1 Å². The number of anilines is 1. The van der Waals surface area contributed by atoms with Gasteiger partial charge in [-0.25, -0.2) is 0 Å². The van der Waals surface area contributed by atoms with E-state index in [4.69, 9.17) is 5.73 Å². The molecule has 2 heterocycles. The number of hydrogen-bond acceptors (Lipinski definition) is 4. The minimum Gasteiger partial charge on any atom is -0.382 e. The molecule has 0 spiro atoms. The molecule has 4 N–H and O–H groups in total. The zero-order chi connectivity index (χ0) is 12.3. The van der Waals surface area contributed by atoms with Crippen molar-refractivity contribution in [1.29, 1.82) is 0 Å². The Bertz CT molecular complexity index is 379. The second kappa shape index (κ2) is 5.44. The lowest BCUT2D eigenvalue weighted by Gasteiger charge is -2.21. The Hall–Kier alpha value is -1.17. The van der Waals surface area contributed by atoms with Crippen molar-refractivity contribution in [1.82, 2.24) is 15.5 Å². The smallest absolute Gasteiger partial charge is 0.256 e. The van der Waals surface area contributed by atoms with E-state index in [1.165, 1.54) is 24.3 Å². The predicted molar refractivity (Wildman–Crippen MR) is 70.1 cm³/mol. The summed E-state index contributed by atoms with van der Waals surface area (Å²) in [6, 6.07) is 0. The zero-order valence-corrected chi connectivity index (χ0v) is 10.8. The number of nitrogens with zero attached hydrogens (tertiary/aromatic N) is 1. The first-order chi connectivity index (χ1) is 8.18. The molecule has 0 radical (unpaired) electrons. The summed E-state index contributed by atoms with van der Waals surface area (Å²) in [5.41, 5.74) is 6.85. The molecule has 1 aromatic rings. The van der Waals surface area contributed by atoms with Crippen molar-refractivity contribution in [3.05, 3.63) is 11.3 Å². The van der Waals surface area contributed by atoms with Gasteiger partial charge in [0.05, 0.1) is 0 Å². The first-order valence-corrected chi connectivity index (χ1v) is 7.00. The second-order valence-corrected chi connectivity index (χ2v) is 5.60. The number of carbonyl (C=O) groups excluding carboxylic acids is 1. The van der Waals surface area contributed by atoms with Gasteiger partial charge in [0.15, 0.2) is 5.82 Å². The van der Waals surface area contributed by atoms with Crippen LogP contribution < -0.4 is 11.1 Å². The van der Waals surface area contributed by atoms with Crippen LogP contribution in [0.3, 0.4) is 0 Å². The van der Waals surface area contributed by atoms with Gasteiger partial charge in [-0.15, -0.1) is 0 Å². The van der Waals surface area contributed by atoms with Gasteiger partial charge in [-0.1, -0.05) is 0 Å². The third-order valence-electron chi connectivity index (χ3n) is 3.09. The largest absolute Gasteiger partial charge is 0.382 e. The van der Waals surface area contributed by atoms with Gasteiger partial charge in [-0.05, 0) is 37.2 Å². The molecule has 1 aliphatic rings. The number of amides is 1. The highest BCUT2D eigenvalue weighted by Crippen LogP contribution is 2.22. The van der Waals surface area contributed by atoms with E-state index in [2.05, 4.69) is 15.5 Å². The third kappa shape index (κ3) is 2.94. The quantitative estimate of drug-likeness (QED) is 0.756. The van der Waals surface area contributed by atoms with Gasteiger partial charge in [0, 0.05) is 12.2 Å². The van der Waals surface area contributed by atoms with E-state index in [1.807, 2.05) is 11.8 Å². The normalized spacial score (nSPS) is 17.0. The Morgan fingerprint density at radius 3 is 2.88 bits per heavy atom. The number of H-pyrrole nitrogens is 1. The number of rotatable bonds is 3. The van der Waals surface area contributed by atoms with Crippen molar-refractivity contribution in [2.24, 2.45) is 5.92 Å². The summed E-state index contributed by atoms with van der Waals surface area (Å²) in [5.74, 6) is 3.17. The Labute approximate surface area is 105 Å². The maximum atomic E-state index is 11.9. The summed E-state index contributed by atoms with van der Waals surface area (Å²) in [7, 11) is 0. The maximum absolute atomic E-state index is 11.9. The Morgan fingerprint density at radius 2 is 2.29 bits per heavy atom. The van der Waals surface area contributed by atoms with Crippen molar-refractivity contribution in [2.45, 2.75) is 19.8 Å². The number of nitrogens with two attached hydrogens (primary N) is 1. The lowest BCUT2D eigenvalue weighted by molar-refractivity contribution is 0.0946. The molecule has 1 aliphatic heterocycles. The molecule has 0 saturated carbocycles. The van der Waals surface area contributed by atoms with Gasteiger partial charge >= 0.3 is 0 Å². The van der Waals surface area contributed by atoms with Gasteiger partial charge in [0.2, 0.25) is 0 Å². The SMILES string of the molecule is Cc1[nH]nc(N)c1C(=O)NCC1CCSCC1. The minimum atomic E-state index is -0.119.